The number of hydrogen-bond acceptors (Lipinski definition) is 3. The molecular weight excluding hydrogens is 270 g/mol. The van der Waals surface area contributed by atoms with Gasteiger partial charge in [0.1, 0.15) is 0 Å². The summed E-state index contributed by atoms with van der Waals surface area (Å²) < 4.78 is 0. The van der Waals surface area contributed by atoms with E-state index in [0.717, 1.165) is 0 Å². The van der Waals surface area contributed by atoms with Crippen LogP contribution in [0, 0.1) is 0 Å². The Morgan fingerprint density at radius 1 is 1.10 bits per heavy atom. The highest BCUT2D eigenvalue weighted by Crippen LogP contribution is 2.09. The van der Waals surface area contributed by atoms with Crippen LogP contribution in [-0.2, 0) is 6.54 Å². The zero-order chi connectivity index (χ0) is 15.2. The lowest BCUT2D eigenvalue weighted by atomic mass is 10.1. The molecule has 0 aliphatic carbocycles. The Bertz CT molecular complexity index is 705. The summed E-state index contributed by atoms with van der Waals surface area (Å²) in [7, 11) is 0. The van der Waals surface area contributed by atoms with Crippen LogP contribution in [0.4, 0.5) is 10.5 Å². The summed E-state index contributed by atoms with van der Waals surface area (Å²) in [6.45, 7) is 1.70. The topological polar surface area (TPSA) is 91.1 Å². The number of H-pyrrole nitrogens is 1. The number of pyridine rings is 1. The molecule has 0 bridgehead atoms. The van der Waals surface area contributed by atoms with Crippen molar-refractivity contribution >= 4 is 17.5 Å². The minimum atomic E-state index is -0.393. The second-order valence-electron chi connectivity index (χ2n) is 4.48. The Morgan fingerprint density at radius 3 is 2.43 bits per heavy atom. The largest absolute Gasteiger partial charge is 0.332 e. The standard InChI is InChI=1S/C15H15N3O3/c1-10(19)11-5-7-12(8-6-11)18-15(21)16-9-13-3-2-4-14(20)17-13/h2-8H,9H2,1H3,(H,17,20)(H2,16,18,21). The molecule has 0 saturated carbocycles. The van der Waals surface area contributed by atoms with E-state index in [9.17, 15) is 14.4 Å². The van der Waals surface area contributed by atoms with Crippen LogP contribution in [0.15, 0.2) is 47.3 Å². The number of urea groups is 1. The molecule has 0 saturated heterocycles. The molecule has 2 amide bonds. The number of benzene rings is 1. The lowest BCUT2D eigenvalue weighted by molar-refractivity contribution is 0.101. The number of nitrogens with one attached hydrogen (secondary N) is 3. The summed E-state index contributed by atoms with van der Waals surface area (Å²) >= 11 is 0. The van der Waals surface area contributed by atoms with Gasteiger partial charge in [0, 0.05) is 23.0 Å². The van der Waals surface area contributed by atoms with Gasteiger partial charge in [-0.3, -0.25) is 9.59 Å². The van der Waals surface area contributed by atoms with Gasteiger partial charge in [-0.15, -0.1) is 0 Å². The maximum absolute atomic E-state index is 11.7. The normalized spacial score (nSPS) is 9.95. The van der Waals surface area contributed by atoms with Gasteiger partial charge in [0.25, 0.3) is 0 Å². The Labute approximate surface area is 121 Å². The molecule has 1 aromatic carbocycles. The summed E-state index contributed by atoms with van der Waals surface area (Å²) in [5, 5.41) is 5.26. The van der Waals surface area contributed by atoms with E-state index in [1.807, 2.05) is 0 Å². The van der Waals surface area contributed by atoms with Crippen LogP contribution in [0.5, 0.6) is 0 Å². The van der Waals surface area contributed by atoms with Gasteiger partial charge in [0.2, 0.25) is 5.56 Å². The van der Waals surface area contributed by atoms with E-state index in [0.29, 0.717) is 16.9 Å². The summed E-state index contributed by atoms with van der Waals surface area (Å²) in [5.41, 5.74) is 1.57. The van der Waals surface area contributed by atoms with Gasteiger partial charge in [-0.25, -0.2) is 4.79 Å². The summed E-state index contributed by atoms with van der Waals surface area (Å²) in [4.78, 5) is 36.6. The SMILES string of the molecule is CC(=O)c1ccc(NC(=O)NCc2cccc(=O)[nH]2)cc1. The molecule has 0 spiro atoms. The maximum Gasteiger partial charge on any atom is 0.319 e. The zero-order valence-electron chi connectivity index (χ0n) is 11.5. The fourth-order valence-corrected chi connectivity index (χ4v) is 1.74. The van der Waals surface area contributed by atoms with Crippen molar-refractivity contribution < 1.29 is 9.59 Å². The number of ketones is 1. The molecule has 1 heterocycles. The van der Waals surface area contributed by atoms with E-state index in [1.165, 1.54) is 13.0 Å². The van der Waals surface area contributed by atoms with Gasteiger partial charge in [-0.05, 0) is 37.3 Å². The van der Waals surface area contributed by atoms with Crippen molar-refractivity contribution in [2.75, 3.05) is 5.32 Å². The van der Waals surface area contributed by atoms with Crippen molar-refractivity contribution in [3.05, 3.63) is 64.1 Å². The molecule has 0 unspecified atom stereocenters. The monoisotopic (exact) mass is 285 g/mol. The highest BCUT2D eigenvalue weighted by molar-refractivity contribution is 5.95. The number of hydrogen-bond donors (Lipinski definition) is 3. The molecule has 6 heteroatoms. The molecule has 3 N–H and O–H groups in total. The lowest BCUT2D eigenvalue weighted by Crippen LogP contribution is -2.29. The van der Waals surface area contributed by atoms with Crippen LogP contribution in [0.3, 0.4) is 0 Å². The van der Waals surface area contributed by atoms with Crippen molar-refractivity contribution in [3.8, 4) is 0 Å². The Kier molecular flexibility index (Phi) is 4.50. The van der Waals surface area contributed by atoms with E-state index in [1.54, 1.807) is 36.4 Å². The second-order valence-corrected chi connectivity index (χ2v) is 4.48. The van der Waals surface area contributed by atoms with Gasteiger partial charge < -0.3 is 15.6 Å². The fourth-order valence-electron chi connectivity index (χ4n) is 1.74. The number of amides is 2. The van der Waals surface area contributed by atoms with Crippen LogP contribution >= 0.6 is 0 Å². The van der Waals surface area contributed by atoms with Crippen molar-refractivity contribution in [2.45, 2.75) is 13.5 Å². The number of aromatic nitrogens is 1. The molecule has 108 valence electrons. The first-order valence-electron chi connectivity index (χ1n) is 6.38. The lowest BCUT2D eigenvalue weighted by Gasteiger charge is -2.08. The number of carbonyl (C=O) groups excluding carboxylic acids is 2. The van der Waals surface area contributed by atoms with Crippen LogP contribution in [0.2, 0.25) is 0 Å². The molecule has 0 atom stereocenters. The van der Waals surface area contributed by atoms with Crippen molar-refractivity contribution in [3.63, 3.8) is 0 Å². The highest BCUT2D eigenvalue weighted by atomic mass is 16.2. The molecular formula is C15H15N3O3. The van der Waals surface area contributed by atoms with Gasteiger partial charge in [-0.1, -0.05) is 6.07 Å². The van der Waals surface area contributed by atoms with E-state index in [-0.39, 0.29) is 17.9 Å². The van der Waals surface area contributed by atoms with E-state index in [4.69, 9.17) is 0 Å². The molecule has 0 radical (unpaired) electrons. The van der Waals surface area contributed by atoms with Gasteiger partial charge in [0.15, 0.2) is 5.78 Å². The van der Waals surface area contributed by atoms with Gasteiger partial charge in [-0.2, -0.15) is 0 Å². The van der Waals surface area contributed by atoms with Crippen molar-refractivity contribution in [1.29, 1.82) is 0 Å². The van der Waals surface area contributed by atoms with Crippen LogP contribution in [-0.4, -0.2) is 16.8 Å². The van der Waals surface area contributed by atoms with E-state index in [2.05, 4.69) is 15.6 Å². The van der Waals surface area contributed by atoms with Gasteiger partial charge >= 0.3 is 6.03 Å². The average molecular weight is 285 g/mol. The quantitative estimate of drug-likeness (QED) is 0.749. The minimum absolute atomic E-state index is 0.0287. The number of carbonyl (C=O) groups is 2. The molecule has 21 heavy (non-hydrogen) atoms. The van der Waals surface area contributed by atoms with Crippen LogP contribution in [0.25, 0.3) is 0 Å². The van der Waals surface area contributed by atoms with E-state index < -0.39 is 6.03 Å². The Hall–Kier alpha value is -2.89. The molecule has 6 nitrogen and oxygen atoms in total. The fraction of sp³-hybridized carbons (Fsp3) is 0.133. The minimum Gasteiger partial charge on any atom is -0.332 e. The van der Waals surface area contributed by atoms with Crippen molar-refractivity contribution in [1.82, 2.24) is 10.3 Å². The highest BCUT2D eigenvalue weighted by Gasteiger charge is 2.03. The van der Waals surface area contributed by atoms with Crippen LogP contribution in [0.1, 0.15) is 23.0 Å². The van der Waals surface area contributed by atoms with E-state index >= 15 is 0 Å². The molecule has 0 fully saturated rings. The number of Topliss-reactive ketones (excluding diaryl/α,β-unsaturated/α-hetero) is 1. The Balaban J connectivity index is 1.89. The second kappa shape index (κ2) is 6.51. The zero-order valence-corrected chi connectivity index (χ0v) is 11.5. The molecule has 0 aliphatic rings. The van der Waals surface area contributed by atoms with Gasteiger partial charge in [0.05, 0.1) is 6.54 Å². The Morgan fingerprint density at radius 2 is 1.81 bits per heavy atom. The first-order chi connectivity index (χ1) is 10.0. The maximum atomic E-state index is 11.7. The predicted octanol–water partition coefficient (Wildman–Crippen LogP) is 1.90. The molecule has 2 aromatic rings. The summed E-state index contributed by atoms with van der Waals surface area (Å²) in [5.74, 6) is -0.0287. The number of aromatic amines is 1. The molecule has 2 rings (SSSR count). The first kappa shape index (κ1) is 14.5. The number of rotatable bonds is 4. The third-order valence-electron chi connectivity index (χ3n) is 2.82. The average Bonchev–Trinajstić information content (AvgIpc) is 2.46. The molecule has 1 aromatic heterocycles. The number of anilines is 1. The predicted molar refractivity (Wildman–Crippen MR) is 79.4 cm³/mol. The van der Waals surface area contributed by atoms with Crippen LogP contribution < -0.4 is 16.2 Å². The first-order valence-corrected chi connectivity index (χ1v) is 6.38. The summed E-state index contributed by atoms with van der Waals surface area (Å²) in [6.07, 6.45) is 0. The van der Waals surface area contributed by atoms with Crippen molar-refractivity contribution in [2.24, 2.45) is 0 Å². The third-order valence-corrected chi connectivity index (χ3v) is 2.82. The smallest absolute Gasteiger partial charge is 0.319 e. The summed E-state index contributed by atoms with van der Waals surface area (Å²) in [6, 6.07) is 10.9. The third kappa shape index (κ3) is 4.31. The molecule has 0 aliphatic heterocycles.